The van der Waals surface area contributed by atoms with Crippen molar-refractivity contribution >= 4 is 34.1 Å². The van der Waals surface area contributed by atoms with Gasteiger partial charge in [0.2, 0.25) is 5.91 Å². The van der Waals surface area contributed by atoms with Crippen molar-refractivity contribution in [3.05, 3.63) is 64.8 Å². The minimum Gasteiger partial charge on any atom is -0.301 e. The summed E-state index contributed by atoms with van der Waals surface area (Å²) in [7, 11) is 0. The van der Waals surface area contributed by atoms with E-state index in [0.717, 1.165) is 16.2 Å². The average molecular weight is 372 g/mol. The van der Waals surface area contributed by atoms with Crippen LogP contribution in [-0.4, -0.2) is 16.6 Å². The highest BCUT2D eigenvalue weighted by molar-refractivity contribution is 8.00. The molecule has 0 radical (unpaired) electrons. The fraction of sp³-hybridized carbons (Fsp3) is 0.158. The van der Waals surface area contributed by atoms with E-state index in [2.05, 4.69) is 36.3 Å². The number of rotatable bonds is 5. The number of carbonyl (C=O) groups excluding carboxylic acids is 1. The highest BCUT2D eigenvalue weighted by atomic mass is 32.2. The number of thioether (sulfide) groups is 1. The summed E-state index contributed by atoms with van der Waals surface area (Å²) in [6.07, 6.45) is 0. The van der Waals surface area contributed by atoms with Crippen LogP contribution in [0.3, 0.4) is 0 Å². The number of anilines is 1. The van der Waals surface area contributed by atoms with Gasteiger partial charge < -0.3 is 5.32 Å². The van der Waals surface area contributed by atoms with Gasteiger partial charge in [-0.25, -0.2) is 9.37 Å². The predicted octanol–water partition coefficient (Wildman–Crippen LogP) is 5.30. The van der Waals surface area contributed by atoms with Gasteiger partial charge in [0, 0.05) is 15.8 Å². The molecule has 0 bridgehead atoms. The Morgan fingerprint density at radius 3 is 2.64 bits per heavy atom. The van der Waals surface area contributed by atoms with Gasteiger partial charge in [-0.1, -0.05) is 12.1 Å². The summed E-state index contributed by atoms with van der Waals surface area (Å²) >= 11 is 2.77. The lowest BCUT2D eigenvalue weighted by Crippen LogP contribution is -2.13. The van der Waals surface area contributed by atoms with Crippen LogP contribution in [0.1, 0.15) is 11.1 Å². The second-order valence-corrected chi connectivity index (χ2v) is 7.53. The number of hydrogen-bond acceptors (Lipinski definition) is 4. The van der Waals surface area contributed by atoms with E-state index in [0.29, 0.717) is 5.13 Å². The molecule has 0 unspecified atom stereocenters. The molecular weight excluding hydrogens is 355 g/mol. The SMILES string of the molecule is Cc1ccc(-c2csc(NC(=O)CSc3ccc(F)cc3)n2)cc1C. The first-order valence-electron chi connectivity index (χ1n) is 7.72. The third-order valence-electron chi connectivity index (χ3n) is 3.74. The summed E-state index contributed by atoms with van der Waals surface area (Å²) in [5.41, 5.74) is 4.35. The van der Waals surface area contributed by atoms with Gasteiger partial charge in [0.1, 0.15) is 5.82 Å². The van der Waals surface area contributed by atoms with Crippen LogP contribution >= 0.6 is 23.1 Å². The second kappa shape index (κ2) is 7.80. The van der Waals surface area contributed by atoms with Gasteiger partial charge in [-0.05, 0) is 55.3 Å². The number of thiazole rings is 1. The molecule has 1 aromatic heterocycles. The minimum atomic E-state index is -0.282. The van der Waals surface area contributed by atoms with Crippen LogP contribution in [0.15, 0.2) is 52.7 Å². The normalized spacial score (nSPS) is 10.7. The predicted molar refractivity (Wildman–Crippen MR) is 103 cm³/mol. The summed E-state index contributed by atoms with van der Waals surface area (Å²) in [5.74, 6) is -0.157. The van der Waals surface area contributed by atoms with Crippen LogP contribution in [0.5, 0.6) is 0 Å². The van der Waals surface area contributed by atoms with Crippen molar-refractivity contribution in [2.75, 3.05) is 11.1 Å². The topological polar surface area (TPSA) is 42.0 Å². The molecule has 3 nitrogen and oxygen atoms in total. The molecule has 0 aliphatic carbocycles. The molecule has 6 heteroatoms. The Morgan fingerprint density at radius 1 is 1.16 bits per heavy atom. The number of aromatic nitrogens is 1. The molecule has 0 saturated carbocycles. The Bertz CT molecular complexity index is 891. The smallest absolute Gasteiger partial charge is 0.236 e. The second-order valence-electron chi connectivity index (χ2n) is 5.63. The zero-order valence-corrected chi connectivity index (χ0v) is 15.5. The van der Waals surface area contributed by atoms with Crippen molar-refractivity contribution in [1.82, 2.24) is 4.98 Å². The van der Waals surface area contributed by atoms with Crippen molar-refractivity contribution in [3.8, 4) is 11.3 Å². The molecule has 1 N–H and O–H groups in total. The monoisotopic (exact) mass is 372 g/mol. The molecule has 128 valence electrons. The molecule has 0 aliphatic rings. The standard InChI is InChI=1S/C19H17FN2OS2/c1-12-3-4-14(9-13(12)2)17-10-25-19(21-17)22-18(23)11-24-16-7-5-15(20)6-8-16/h3-10H,11H2,1-2H3,(H,21,22,23). The van der Waals surface area contributed by atoms with Crippen LogP contribution in [0, 0.1) is 19.7 Å². The van der Waals surface area contributed by atoms with Gasteiger partial charge in [0.25, 0.3) is 0 Å². The van der Waals surface area contributed by atoms with E-state index < -0.39 is 0 Å². The molecule has 25 heavy (non-hydrogen) atoms. The Morgan fingerprint density at radius 2 is 1.92 bits per heavy atom. The van der Waals surface area contributed by atoms with Gasteiger partial charge >= 0.3 is 0 Å². The third-order valence-corrected chi connectivity index (χ3v) is 5.51. The number of halogens is 1. The Labute approximate surface area is 154 Å². The number of amides is 1. The molecule has 3 aromatic rings. The number of hydrogen-bond donors (Lipinski definition) is 1. The number of nitrogens with one attached hydrogen (secondary N) is 1. The number of nitrogens with zero attached hydrogens (tertiary/aromatic N) is 1. The highest BCUT2D eigenvalue weighted by Crippen LogP contribution is 2.27. The number of aryl methyl sites for hydroxylation is 2. The number of carbonyl (C=O) groups is 1. The summed E-state index contributed by atoms with van der Waals surface area (Å²) in [5, 5.41) is 5.33. The maximum Gasteiger partial charge on any atom is 0.236 e. The van der Waals surface area contributed by atoms with E-state index in [1.807, 2.05) is 11.4 Å². The molecule has 2 aromatic carbocycles. The molecule has 0 saturated heterocycles. The average Bonchev–Trinajstić information content (AvgIpc) is 3.05. The van der Waals surface area contributed by atoms with E-state index in [-0.39, 0.29) is 17.5 Å². The molecule has 0 atom stereocenters. The van der Waals surface area contributed by atoms with E-state index in [1.54, 1.807) is 12.1 Å². The molecule has 3 rings (SSSR count). The van der Waals surface area contributed by atoms with Crippen molar-refractivity contribution in [1.29, 1.82) is 0 Å². The zero-order chi connectivity index (χ0) is 17.8. The van der Waals surface area contributed by atoms with Crippen molar-refractivity contribution < 1.29 is 9.18 Å². The molecule has 0 fully saturated rings. The Kier molecular flexibility index (Phi) is 5.50. The van der Waals surface area contributed by atoms with E-state index in [1.165, 1.54) is 46.4 Å². The van der Waals surface area contributed by atoms with Gasteiger partial charge in [-0.15, -0.1) is 23.1 Å². The summed E-state index contributed by atoms with van der Waals surface area (Å²) in [6, 6.07) is 12.3. The molecular formula is C19H17FN2OS2. The molecule has 0 aliphatic heterocycles. The van der Waals surface area contributed by atoms with Crippen molar-refractivity contribution in [2.45, 2.75) is 18.7 Å². The maximum absolute atomic E-state index is 12.9. The lowest BCUT2D eigenvalue weighted by atomic mass is 10.1. The van der Waals surface area contributed by atoms with E-state index >= 15 is 0 Å². The van der Waals surface area contributed by atoms with Crippen LogP contribution in [0.2, 0.25) is 0 Å². The lowest BCUT2D eigenvalue weighted by molar-refractivity contribution is -0.113. The first-order valence-corrected chi connectivity index (χ1v) is 9.59. The van der Waals surface area contributed by atoms with Gasteiger partial charge in [0.05, 0.1) is 11.4 Å². The van der Waals surface area contributed by atoms with Gasteiger partial charge in [-0.2, -0.15) is 0 Å². The molecule has 1 heterocycles. The van der Waals surface area contributed by atoms with Crippen LogP contribution < -0.4 is 5.32 Å². The Hall–Kier alpha value is -2.18. The number of benzene rings is 2. The molecule has 1 amide bonds. The quantitative estimate of drug-likeness (QED) is 0.618. The largest absolute Gasteiger partial charge is 0.301 e. The summed E-state index contributed by atoms with van der Waals surface area (Å²) in [6.45, 7) is 4.14. The first kappa shape index (κ1) is 17.6. The first-order chi connectivity index (χ1) is 12.0. The van der Waals surface area contributed by atoms with E-state index in [9.17, 15) is 9.18 Å². The summed E-state index contributed by atoms with van der Waals surface area (Å²) < 4.78 is 12.9. The van der Waals surface area contributed by atoms with Crippen LogP contribution in [0.4, 0.5) is 9.52 Å². The lowest BCUT2D eigenvalue weighted by Gasteiger charge is -2.03. The summed E-state index contributed by atoms with van der Waals surface area (Å²) in [4.78, 5) is 17.4. The van der Waals surface area contributed by atoms with Crippen molar-refractivity contribution in [2.24, 2.45) is 0 Å². The van der Waals surface area contributed by atoms with Crippen LogP contribution in [0.25, 0.3) is 11.3 Å². The Balaban J connectivity index is 1.59. The zero-order valence-electron chi connectivity index (χ0n) is 13.9. The van der Waals surface area contributed by atoms with E-state index in [4.69, 9.17) is 0 Å². The highest BCUT2D eigenvalue weighted by Gasteiger charge is 2.09. The fourth-order valence-electron chi connectivity index (χ4n) is 2.20. The maximum atomic E-state index is 12.9. The third kappa shape index (κ3) is 4.67. The van der Waals surface area contributed by atoms with Gasteiger partial charge in [0.15, 0.2) is 5.13 Å². The fourth-order valence-corrected chi connectivity index (χ4v) is 3.63. The minimum absolute atomic E-state index is 0.129. The van der Waals surface area contributed by atoms with Crippen molar-refractivity contribution in [3.63, 3.8) is 0 Å². The van der Waals surface area contributed by atoms with Crippen LogP contribution in [-0.2, 0) is 4.79 Å². The van der Waals surface area contributed by atoms with Gasteiger partial charge in [-0.3, -0.25) is 4.79 Å². The molecule has 0 spiro atoms.